The zero-order chi connectivity index (χ0) is 23.7. The first-order chi connectivity index (χ1) is 16.5. The van der Waals surface area contributed by atoms with Gasteiger partial charge < -0.3 is 10.2 Å². The fourth-order valence-corrected chi connectivity index (χ4v) is 4.29. The first-order valence-corrected chi connectivity index (χ1v) is 11.5. The number of fused-ring (bicyclic) bond motifs is 1. The number of piperazine rings is 1. The predicted molar refractivity (Wildman–Crippen MR) is 133 cm³/mol. The molecule has 9 heteroatoms. The van der Waals surface area contributed by atoms with Crippen molar-refractivity contribution in [1.29, 1.82) is 0 Å². The van der Waals surface area contributed by atoms with Gasteiger partial charge in [-0.3, -0.25) is 24.3 Å². The third-order valence-electron chi connectivity index (χ3n) is 6.22. The van der Waals surface area contributed by atoms with E-state index < -0.39 is 0 Å². The summed E-state index contributed by atoms with van der Waals surface area (Å²) < 4.78 is 1.76. The van der Waals surface area contributed by atoms with E-state index in [-0.39, 0.29) is 5.91 Å². The van der Waals surface area contributed by atoms with Crippen LogP contribution in [0.2, 0.25) is 0 Å². The second-order valence-corrected chi connectivity index (χ2v) is 8.83. The Balaban J connectivity index is 1.53. The molecule has 0 radical (unpaired) electrons. The number of carbonyl (C=O) groups excluding carboxylic acids is 1. The van der Waals surface area contributed by atoms with Gasteiger partial charge in [0.15, 0.2) is 0 Å². The molecule has 0 saturated carbocycles. The van der Waals surface area contributed by atoms with Crippen LogP contribution in [0, 0.1) is 0 Å². The molecule has 4 aromatic heterocycles. The van der Waals surface area contributed by atoms with Gasteiger partial charge >= 0.3 is 0 Å². The highest BCUT2D eigenvalue weighted by atomic mass is 16.1. The molecule has 1 N–H and O–H groups in total. The Bertz CT molecular complexity index is 1310. The van der Waals surface area contributed by atoms with Crippen LogP contribution in [0.4, 0.5) is 11.6 Å². The minimum Gasteiger partial charge on any atom is -0.353 e. The number of amides is 1. The van der Waals surface area contributed by atoms with E-state index in [0.717, 1.165) is 54.0 Å². The van der Waals surface area contributed by atoms with Crippen LogP contribution in [-0.4, -0.2) is 67.8 Å². The van der Waals surface area contributed by atoms with Crippen molar-refractivity contribution in [3.05, 3.63) is 60.8 Å². The van der Waals surface area contributed by atoms with E-state index in [2.05, 4.69) is 39.0 Å². The monoisotopic (exact) mass is 456 g/mol. The van der Waals surface area contributed by atoms with Crippen molar-refractivity contribution in [2.45, 2.75) is 19.9 Å². The van der Waals surface area contributed by atoms with E-state index in [1.165, 1.54) is 0 Å². The summed E-state index contributed by atoms with van der Waals surface area (Å²) in [5.74, 6) is 1.14. The Labute approximate surface area is 198 Å². The maximum atomic E-state index is 12.8. The van der Waals surface area contributed by atoms with Gasteiger partial charge in [0.05, 0.1) is 11.9 Å². The minimum atomic E-state index is -0.216. The summed E-state index contributed by atoms with van der Waals surface area (Å²) in [6, 6.07) is 7.83. The first-order valence-electron chi connectivity index (χ1n) is 11.5. The maximum absolute atomic E-state index is 12.8. The van der Waals surface area contributed by atoms with E-state index in [1.807, 2.05) is 31.6 Å². The SMILES string of the molecule is CC(C)N1CCN(c2nc(NC(=O)c3ccncc3)cc3cc(-c4cnn(C)c4)ncc23)CC1. The van der Waals surface area contributed by atoms with Crippen LogP contribution < -0.4 is 10.2 Å². The van der Waals surface area contributed by atoms with Crippen LogP contribution in [0.25, 0.3) is 22.0 Å². The summed E-state index contributed by atoms with van der Waals surface area (Å²) in [7, 11) is 1.89. The molecule has 9 nitrogen and oxygen atoms in total. The van der Waals surface area contributed by atoms with Crippen LogP contribution in [0.3, 0.4) is 0 Å². The fourth-order valence-electron chi connectivity index (χ4n) is 4.29. The molecule has 34 heavy (non-hydrogen) atoms. The van der Waals surface area contributed by atoms with Crippen LogP contribution in [0.15, 0.2) is 55.2 Å². The van der Waals surface area contributed by atoms with Crippen LogP contribution in [0.1, 0.15) is 24.2 Å². The van der Waals surface area contributed by atoms with Gasteiger partial charge in [-0.15, -0.1) is 0 Å². The number of carbonyl (C=O) groups is 1. The Morgan fingerprint density at radius 2 is 1.82 bits per heavy atom. The Hall–Kier alpha value is -3.85. The van der Waals surface area contributed by atoms with E-state index in [9.17, 15) is 4.79 Å². The average Bonchev–Trinajstić information content (AvgIpc) is 3.30. The molecule has 0 bridgehead atoms. The normalized spacial score (nSPS) is 14.6. The van der Waals surface area contributed by atoms with Gasteiger partial charge in [-0.2, -0.15) is 5.10 Å². The zero-order valence-electron chi connectivity index (χ0n) is 19.6. The van der Waals surface area contributed by atoms with Crippen molar-refractivity contribution < 1.29 is 4.79 Å². The number of pyridine rings is 3. The van der Waals surface area contributed by atoms with Crippen molar-refractivity contribution >= 4 is 28.3 Å². The van der Waals surface area contributed by atoms with Gasteiger partial charge in [0.25, 0.3) is 5.91 Å². The summed E-state index contributed by atoms with van der Waals surface area (Å²) in [5.41, 5.74) is 2.30. The number of hydrogen-bond donors (Lipinski definition) is 1. The highest BCUT2D eigenvalue weighted by Gasteiger charge is 2.22. The smallest absolute Gasteiger partial charge is 0.256 e. The molecule has 4 aromatic rings. The summed E-state index contributed by atoms with van der Waals surface area (Å²) in [6.07, 6.45) is 8.83. The Morgan fingerprint density at radius 1 is 1.06 bits per heavy atom. The van der Waals surface area contributed by atoms with Crippen LogP contribution >= 0.6 is 0 Å². The molecule has 174 valence electrons. The van der Waals surface area contributed by atoms with Crippen LogP contribution in [-0.2, 0) is 7.05 Å². The van der Waals surface area contributed by atoms with Gasteiger partial charge in [0, 0.05) is 80.6 Å². The standard InChI is InChI=1S/C25H28N8O/c1-17(2)32-8-10-33(11-9-32)24-21-15-27-22(20-14-28-31(3)16-20)12-19(21)13-23(29-24)30-25(34)18-4-6-26-7-5-18/h4-7,12-17H,8-11H2,1-3H3,(H,29,30,34). The molecule has 1 aliphatic heterocycles. The third kappa shape index (κ3) is 4.47. The Morgan fingerprint density at radius 3 is 2.50 bits per heavy atom. The molecule has 0 spiro atoms. The molecule has 0 aliphatic carbocycles. The molecule has 0 aromatic carbocycles. The number of nitrogens with zero attached hydrogens (tertiary/aromatic N) is 7. The lowest BCUT2D eigenvalue weighted by molar-refractivity contribution is 0.102. The number of aryl methyl sites for hydroxylation is 1. The predicted octanol–water partition coefficient (Wildman–Crippen LogP) is 3.21. The molecule has 1 fully saturated rings. The number of rotatable bonds is 5. The fraction of sp³-hybridized carbons (Fsp3) is 0.320. The van der Waals surface area contributed by atoms with Crippen molar-refractivity contribution in [3.63, 3.8) is 0 Å². The van der Waals surface area contributed by atoms with Crippen LogP contribution in [0.5, 0.6) is 0 Å². The lowest BCUT2D eigenvalue weighted by atomic mass is 10.1. The molecule has 1 saturated heterocycles. The number of hydrogen-bond acceptors (Lipinski definition) is 7. The topological polar surface area (TPSA) is 92.1 Å². The van der Waals surface area contributed by atoms with Gasteiger partial charge in [0.1, 0.15) is 11.6 Å². The molecule has 5 rings (SSSR count). The minimum absolute atomic E-state index is 0.216. The summed E-state index contributed by atoms with van der Waals surface area (Å²) >= 11 is 0. The highest BCUT2D eigenvalue weighted by molar-refractivity contribution is 6.05. The molecule has 0 unspecified atom stereocenters. The lowest BCUT2D eigenvalue weighted by Crippen LogP contribution is -2.49. The van der Waals surface area contributed by atoms with E-state index in [1.54, 1.807) is 35.4 Å². The molecule has 1 aliphatic rings. The van der Waals surface area contributed by atoms with Crippen molar-refractivity contribution in [3.8, 4) is 11.3 Å². The van der Waals surface area contributed by atoms with Gasteiger partial charge in [-0.05, 0) is 43.5 Å². The summed E-state index contributed by atoms with van der Waals surface area (Å²) in [5, 5.41) is 9.17. The van der Waals surface area contributed by atoms with E-state index >= 15 is 0 Å². The number of aromatic nitrogens is 5. The second kappa shape index (κ2) is 9.18. The molecule has 5 heterocycles. The largest absolute Gasteiger partial charge is 0.353 e. The lowest BCUT2D eigenvalue weighted by Gasteiger charge is -2.38. The second-order valence-electron chi connectivity index (χ2n) is 8.83. The maximum Gasteiger partial charge on any atom is 0.256 e. The van der Waals surface area contributed by atoms with Gasteiger partial charge in [-0.25, -0.2) is 4.98 Å². The summed E-state index contributed by atoms with van der Waals surface area (Å²) in [6.45, 7) is 8.12. The van der Waals surface area contributed by atoms with E-state index in [4.69, 9.17) is 9.97 Å². The third-order valence-corrected chi connectivity index (χ3v) is 6.22. The summed E-state index contributed by atoms with van der Waals surface area (Å²) in [4.78, 5) is 31.1. The van der Waals surface area contributed by atoms with Crippen molar-refractivity contribution in [2.75, 3.05) is 36.4 Å². The van der Waals surface area contributed by atoms with Crippen molar-refractivity contribution in [1.82, 2.24) is 29.6 Å². The zero-order valence-corrected chi connectivity index (χ0v) is 19.6. The average molecular weight is 457 g/mol. The number of nitrogens with one attached hydrogen (secondary N) is 1. The van der Waals surface area contributed by atoms with Crippen molar-refractivity contribution in [2.24, 2.45) is 7.05 Å². The van der Waals surface area contributed by atoms with E-state index in [0.29, 0.717) is 17.4 Å². The van der Waals surface area contributed by atoms with Gasteiger partial charge in [0.2, 0.25) is 0 Å². The molecular formula is C25H28N8O. The molecule has 1 amide bonds. The quantitative estimate of drug-likeness (QED) is 0.493. The molecule has 0 atom stereocenters. The molecular weight excluding hydrogens is 428 g/mol. The Kier molecular flexibility index (Phi) is 5.93. The first kappa shape index (κ1) is 22.0. The number of anilines is 2. The highest BCUT2D eigenvalue weighted by Crippen LogP contribution is 2.31. The van der Waals surface area contributed by atoms with Gasteiger partial charge in [-0.1, -0.05) is 0 Å².